The number of carbonyl (C=O) groups excluding carboxylic acids is 2. The smallest absolute Gasteiger partial charge is 0.320 e. The maximum atomic E-state index is 12.1. The normalized spacial score (nSPS) is 11.3. The molecule has 0 saturated heterocycles. The number of rotatable bonds is 9. The Hall–Kier alpha value is -3.41. The van der Waals surface area contributed by atoms with Crippen LogP contribution in [0, 0.1) is 5.92 Å². The SMILES string of the molecule is CCOC(=O)C(C/C=C\Cc1cc2ccccc2n1-c1ccccn1)C(=O)OCC. The lowest BCUT2D eigenvalue weighted by Gasteiger charge is -2.12. The third-order valence-corrected chi connectivity index (χ3v) is 4.67. The number of benzene rings is 1. The first-order valence-corrected chi connectivity index (χ1v) is 10.1. The predicted molar refractivity (Wildman–Crippen MR) is 115 cm³/mol. The van der Waals surface area contributed by atoms with Gasteiger partial charge in [0.1, 0.15) is 5.82 Å². The number of ether oxygens (including phenoxy) is 2. The number of esters is 2. The number of allylic oxidation sites excluding steroid dienone is 2. The van der Waals surface area contributed by atoms with Crippen LogP contribution < -0.4 is 0 Å². The molecule has 0 saturated carbocycles. The van der Waals surface area contributed by atoms with Crippen LogP contribution >= 0.6 is 0 Å². The topological polar surface area (TPSA) is 70.4 Å². The lowest BCUT2D eigenvalue weighted by Crippen LogP contribution is -2.27. The van der Waals surface area contributed by atoms with Crippen LogP contribution in [0.4, 0.5) is 0 Å². The standard InChI is InChI=1S/C24H26N2O4/c1-3-29-23(27)20(24(28)30-4-2)13-7-6-12-19-17-18-11-5-8-14-21(18)26(19)22-15-9-10-16-25-22/h5-11,14-17,20H,3-4,12-13H2,1-2H3/b7-6-. The Balaban J connectivity index is 1.80. The lowest BCUT2D eigenvalue weighted by atomic mass is 10.1. The number of para-hydroxylation sites is 1. The monoisotopic (exact) mass is 406 g/mol. The van der Waals surface area contributed by atoms with Crippen LogP contribution in [0.25, 0.3) is 16.7 Å². The summed E-state index contributed by atoms with van der Waals surface area (Å²) in [5.41, 5.74) is 2.14. The highest BCUT2D eigenvalue weighted by molar-refractivity contribution is 5.95. The summed E-state index contributed by atoms with van der Waals surface area (Å²) in [6, 6.07) is 16.1. The largest absolute Gasteiger partial charge is 0.465 e. The number of nitrogens with zero attached hydrogens (tertiary/aromatic N) is 2. The minimum Gasteiger partial charge on any atom is -0.465 e. The number of fused-ring (bicyclic) bond motifs is 1. The first kappa shape index (κ1) is 21.3. The molecule has 3 rings (SSSR count). The highest BCUT2D eigenvalue weighted by Crippen LogP contribution is 2.24. The van der Waals surface area contributed by atoms with Gasteiger partial charge in [-0.25, -0.2) is 4.98 Å². The van der Waals surface area contributed by atoms with Crippen molar-refractivity contribution in [2.75, 3.05) is 13.2 Å². The minimum absolute atomic E-state index is 0.225. The summed E-state index contributed by atoms with van der Waals surface area (Å²) in [4.78, 5) is 28.7. The van der Waals surface area contributed by atoms with Crippen LogP contribution in [0.1, 0.15) is 26.0 Å². The summed E-state index contributed by atoms with van der Waals surface area (Å²) in [6.45, 7) is 3.88. The van der Waals surface area contributed by atoms with Crippen LogP contribution in [0.2, 0.25) is 0 Å². The summed E-state index contributed by atoms with van der Waals surface area (Å²) >= 11 is 0. The van der Waals surface area contributed by atoms with E-state index in [1.165, 1.54) is 0 Å². The summed E-state index contributed by atoms with van der Waals surface area (Å²) in [5, 5.41) is 1.13. The van der Waals surface area contributed by atoms with Gasteiger partial charge >= 0.3 is 11.9 Å². The van der Waals surface area contributed by atoms with Gasteiger partial charge in [-0.3, -0.25) is 14.2 Å². The van der Waals surface area contributed by atoms with Gasteiger partial charge in [0.05, 0.1) is 18.7 Å². The summed E-state index contributed by atoms with van der Waals surface area (Å²) in [5.74, 6) is -1.20. The van der Waals surface area contributed by atoms with E-state index in [0.717, 1.165) is 22.4 Å². The van der Waals surface area contributed by atoms with Gasteiger partial charge in [0.25, 0.3) is 0 Å². The fourth-order valence-electron chi connectivity index (χ4n) is 3.33. The molecule has 0 aliphatic carbocycles. The third kappa shape index (κ3) is 4.95. The number of hydrogen-bond acceptors (Lipinski definition) is 5. The van der Waals surface area contributed by atoms with E-state index in [-0.39, 0.29) is 19.6 Å². The van der Waals surface area contributed by atoms with Gasteiger partial charge in [0, 0.05) is 23.7 Å². The first-order valence-electron chi connectivity index (χ1n) is 10.1. The van der Waals surface area contributed by atoms with E-state index in [1.807, 2.05) is 42.5 Å². The zero-order chi connectivity index (χ0) is 21.3. The van der Waals surface area contributed by atoms with E-state index >= 15 is 0 Å². The van der Waals surface area contributed by atoms with Crippen molar-refractivity contribution in [1.82, 2.24) is 9.55 Å². The van der Waals surface area contributed by atoms with Gasteiger partial charge < -0.3 is 9.47 Å². The van der Waals surface area contributed by atoms with Crippen molar-refractivity contribution in [3.63, 3.8) is 0 Å². The van der Waals surface area contributed by atoms with Crippen molar-refractivity contribution >= 4 is 22.8 Å². The van der Waals surface area contributed by atoms with Crippen molar-refractivity contribution < 1.29 is 19.1 Å². The molecular formula is C24H26N2O4. The number of pyridine rings is 1. The van der Waals surface area contributed by atoms with E-state index < -0.39 is 17.9 Å². The van der Waals surface area contributed by atoms with Gasteiger partial charge in [-0.1, -0.05) is 36.4 Å². The van der Waals surface area contributed by atoms with Crippen LogP contribution in [-0.4, -0.2) is 34.7 Å². The highest BCUT2D eigenvalue weighted by Gasteiger charge is 2.28. The molecule has 0 radical (unpaired) electrons. The summed E-state index contributed by atoms with van der Waals surface area (Å²) < 4.78 is 12.2. The Morgan fingerprint density at radius 3 is 2.37 bits per heavy atom. The van der Waals surface area contributed by atoms with E-state index in [2.05, 4.69) is 27.8 Å². The second kappa shape index (κ2) is 10.4. The highest BCUT2D eigenvalue weighted by atomic mass is 16.6. The zero-order valence-electron chi connectivity index (χ0n) is 17.3. The molecule has 1 aromatic carbocycles. The molecular weight excluding hydrogens is 380 g/mol. The molecule has 0 amide bonds. The molecule has 0 aliphatic heterocycles. The molecule has 30 heavy (non-hydrogen) atoms. The van der Waals surface area contributed by atoms with Crippen molar-refractivity contribution in [3.8, 4) is 5.82 Å². The summed E-state index contributed by atoms with van der Waals surface area (Å²) in [6.07, 6.45) is 6.43. The van der Waals surface area contributed by atoms with Gasteiger partial charge in [0.15, 0.2) is 5.92 Å². The molecule has 6 nitrogen and oxygen atoms in total. The van der Waals surface area contributed by atoms with Gasteiger partial charge in [-0.2, -0.15) is 0 Å². The van der Waals surface area contributed by atoms with Crippen molar-refractivity contribution in [1.29, 1.82) is 0 Å². The molecule has 0 aliphatic rings. The number of aromatic nitrogens is 2. The van der Waals surface area contributed by atoms with E-state index in [4.69, 9.17) is 9.47 Å². The molecule has 0 atom stereocenters. The quantitative estimate of drug-likeness (QED) is 0.302. The number of hydrogen-bond donors (Lipinski definition) is 0. The maximum Gasteiger partial charge on any atom is 0.320 e. The van der Waals surface area contributed by atoms with E-state index in [1.54, 1.807) is 20.0 Å². The first-order chi connectivity index (χ1) is 14.7. The number of carbonyl (C=O) groups is 2. The van der Waals surface area contributed by atoms with Gasteiger partial charge in [-0.15, -0.1) is 0 Å². The van der Waals surface area contributed by atoms with Crippen molar-refractivity contribution in [2.24, 2.45) is 5.92 Å². The molecule has 0 unspecified atom stereocenters. The van der Waals surface area contributed by atoms with Crippen LogP contribution in [-0.2, 0) is 25.5 Å². The Kier molecular flexibility index (Phi) is 7.38. The van der Waals surface area contributed by atoms with E-state index in [9.17, 15) is 9.59 Å². The average Bonchev–Trinajstić information content (AvgIpc) is 3.12. The van der Waals surface area contributed by atoms with Gasteiger partial charge in [0.2, 0.25) is 0 Å². The summed E-state index contributed by atoms with van der Waals surface area (Å²) in [7, 11) is 0. The van der Waals surface area contributed by atoms with Crippen LogP contribution in [0.15, 0.2) is 66.9 Å². The van der Waals surface area contributed by atoms with Crippen LogP contribution in [0.3, 0.4) is 0 Å². The molecule has 0 spiro atoms. The Morgan fingerprint density at radius 2 is 1.70 bits per heavy atom. The Bertz CT molecular complexity index is 1010. The molecule has 0 bridgehead atoms. The van der Waals surface area contributed by atoms with Crippen LogP contribution in [0.5, 0.6) is 0 Å². The third-order valence-electron chi connectivity index (χ3n) is 4.67. The molecule has 2 aromatic heterocycles. The maximum absolute atomic E-state index is 12.1. The van der Waals surface area contributed by atoms with Crippen molar-refractivity contribution in [3.05, 3.63) is 72.6 Å². The molecule has 6 heteroatoms. The Morgan fingerprint density at radius 1 is 1.00 bits per heavy atom. The molecule has 0 N–H and O–H groups in total. The minimum atomic E-state index is -0.942. The van der Waals surface area contributed by atoms with Gasteiger partial charge in [-0.05, 0) is 44.5 Å². The fraction of sp³-hybridized carbons (Fsp3) is 0.292. The molecule has 156 valence electrons. The fourth-order valence-corrected chi connectivity index (χ4v) is 3.33. The lowest BCUT2D eigenvalue weighted by molar-refractivity contribution is -0.161. The predicted octanol–water partition coefficient (Wildman–Crippen LogP) is 4.26. The second-order valence-corrected chi connectivity index (χ2v) is 6.69. The molecule has 0 fully saturated rings. The van der Waals surface area contributed by atoms with Crippen molar-refractivity contribution in [2.45, 2.75) is 26.7 Å². The zero-order valence-corrected chi connectivity index (χ0v) is 17.3. The Labute approximate surface area is 176 Å². The second-order valence-electron chi connectivity index (χ2n) is 6.69. The average molecular weight is 406 g/mol. The molecule has 3 aromatic rings. The molecule has 2 heterocycles. The van der Waals surface area contributed by atoms with E-state index in [0.29, 0.717) is 6.42 Å².